The molecule has 174 valence electrons. The van der Waals surface area contributed by atoms with Gasteiger partial charge in [0.25, 0.3) is 11.7 Å². The minimum absolute atomic E-state index is 0.00312. The van der Waals surface area contributed by atoms with Crippen molar-refractivity contribution >= 4 is 23.1 Å². The third-order valence-corrected chi connectivity index (χ3v) is 6.84. The van der Waals surface area contributed by atoms with Crippen molar-refractivity contribution in [3.63, 3.8) is 0 Å². The van der Waals surface area contributed by atoms with Crippen LogP contribution in [0.5, 0.6) is 5.75 Å². The summed E-state index contributed by atoms with van der Waals surface area (Å²) >= 11 is 0. The molecule has 1 aliphatic heterocycles. The molecule has 1 N–H and O–H groups in total. The number of likely N-dealkylation sites (tertiary alicyclic amines) is 1. The molecule has 1 atom stereocenters. The summed E-state index contributed by atoms with van der Waals surface area (Å²) in [5.41, 5.74) is 3.36. The predicted molar refractivity (Wildman–Crippen MR) is 130 cm³/mol. The molecule has 0 bridgehead atoms. The Hall–Kier alpha value is -3.28. The van der Waals surface area contributed by atoms with Gasteiger partial charge in [0, 0.05) is 31.4 Å². The molecule has 4 rings (SSSR count). The van der Waals surface area contributed by atoms with Crippen LogP contribution in [0, 0.1) is 6.92 Å². The van der Waals surface area contributed by atoms with E-state index in [4.69, 9.17) is 4.74 Å². The van der Waals surface area contributed by atoms with E-state index in [-0.39, 0.29) is 17.4 Å². The number of hydrogen-bond donors (Lipinski definition) is 1. The molecule has 2 aliphatic rings. The Balaban J connectivity index is 1.85. The Bertz CT molecular complexity index is 1080. The molecule has 1 unspecified atom stereocenters. The summed E-state index contributed by atoms with van der Waals surface area (Å²) in [7, 11) is 5.53. The molecule has 0 spiro atoms. The van der Waals surface area contributed by atoms with E-state index in [9.17, 15) is 14.7 Å². The monoisotopic (exact) mass is 448 g/mol. The number of hydrogen-bond acceptors (Lipinski definition) is 5. The molecule has 1 aliphatic carbocycles. The molecule has 1 saturated carbocycles. The van der Waals surface area contributed by atoms with E-state index in [2.05, 4.69) is 0 Å². The van der Waals surface area contributed by atoms with Crippen LogP contribution in [0.1, 0.15) is 54.8 Å². The highest BCUT2D eigenvalue weighted by atomic mass is 16.5. The number of ether oxygens (including phenoxy) is 1. The lowest BCUT2D eigenvalue weighted by Crippen LogP contribution is -2.40. The molecule has 2 fully saturated rings. The SMILES string of the molecule is COc1ccc(/C(O)=C2/C(=O)C(=O)N(C3CCCCC3)C2c2ccc(N(C)C)cc2)cc1C. The van der Waals surface area contributed by atoms with Crippen LogP contribution in [0.4, 0.5) is 5.69 Å². The van der Waals surface area contributed by atoms with Crippen molar-refractivity contribution in [2.24, 2.45) is 0 Å². The summed E-state index contributed by atoms with van der Waals surface area (Å²) in [5.74, 6) is -0.576. The first-order chi connectivity index (χ1) is 15.8. The fourth-order valence-electron chi connectivity index (χ4n) is 5.05. The third-order valence-electron chi connectivity index (χ3n) is 6.84. The topological polar surface area (TPSA) is 70.1 Å². The number of amides is 1. The van der Waals surface area contributed by atoms with Crippen molar-refractivity contribution in [3.8, 4) is 5.75 Å². The standard InChI is InChI=1S/C27H32N2O4/c1-17-16-19(12-15-22(17)33-4)25(30)23-24(18-10-13-20(14-11-18)28(2)3)29(27(32)26(23)31)21-8-6-5-7-9-21/h10-16,21,24,30H,5-9H2,1-4H3/b25-23-. The Morgan fingerprint density at radius 1 is 1.03 bits per heavy atom. The van der Waals surface area contributed by atoms with Gasteiger partial charge in [-0.05, 0) is 61.2 Å². The fraction of sp³-hybridized carbons (Fsp3) is 0.407. The molecule has 6 heteroatoms. The number of methoxy groups -OCH3 is 1. The summed E-state index contributed by atoms with van der Waals surface area (Å²) < 4.78 is 5.33. The number of rotatable bonds is 5. The van der Waals surface area contributed by atoms with E-state index in [1.807, 2.05) is 50.2 Å². The molecular formula is C27H32N2O4. The van der Waals surface area contributed by atoms with E-state index < -0.39 is 17.7 Å². The number of anilines is 1. The summed E-state index contributed by atoms with van der Waals surface area (Å²) in [6, 6.07) is 12.5. The first-order valence-corrected chi connectivity index (χ1v) is 11.6. The van der Waals surface area contributed by atoms with Crippen LogP contribution in [-0.4, -0.2) is 48.9 Å². The van der Waals surface area contributed by atoms with Gasteiger partial charge < -0.3 is 19.6 Å². The second-order valence-corrected chi connectivity index (χ2v) is 9.17. The minimum Gasteiger partial charge on any atom is -0.507 e. The zero-order valence-electron chi connectivity index (χ0n) is 19.8. The smallest absolute Gasteiger partial charge is 0.295 e. The molecule has 1 saturated heterocycles. The molecular weight excluding hydrogens is 416 g/mol. The van der Waals surface area contributed by atoms with Gasteiger partial charge in [0.1, 0.15) is 11.5 Å². The fourth-order valence-corrected chi connectivity index (χ4v) is 5.05. The van der Waals surface area contributed by atoms with Gasteiger partial charge in [-0.25, -0.2) is 0 Å². The van der Waals surface area contributed by atoms with E-state index in [0.29, 0.717) is 11.3 Å². The van der Waals surface area contributed by atoms with Crippen molar-refractivity contribution < 1.29 is 19.4 Å². The Morgan fingerprint density at radius 2 is 1.70 bits per heavy atom. The number of benzene rings is 2. The van der Waals surface area contributed by atoms with Crippen molar-refractivity contribution in [1.29, 1.82) is 0 Å². The van der Waals surface area contributed by atoms with Gasteiger partial charge in [-0.1, -0.05) is 31.4 Å². The molecule has 0 aromatic heterocycles. The summed E-state index contributed by atoms with van der Waals surface area (Å²) in [4.78, 5) is 30.3. The van der Waals surface area contributed by atoms with Crippen LogP contribution in [0.2, 0.25) is 0 Å². The highest BCUT2D eigenvalue weighted by Crippen LogP contribution is 2.43. The maximum atomic E-state index is 13.3. The number of aliphatic hydroxyl groups excluding tert-OH is 1. The molecule has 1 heterocycles. The van der Waals surface area contributed by atoms with Crippen LogP contribution in [0.15, 0.2) is 48.0 Å². The molecule has 2 aromatic carbocycles. The predicted octanol–water partition coefficient (Wildman–Crippen LogP) is 4.82. The number of nitrogens with zero attached hydrogens (tertiary/aromatic N) is 2. The van der Waals surface area contributed by atoms with E-state index in [1.54, 1.807) is 30.2 Å². The van der Waals surface area contributed by atoms with Gasteiger partial charge in [-0.3, -0.25) is 9.59 Å². The largest absolute Gasteiger partial charge is 0.507 e. The minimum atomic E-state index is -0.617. The van der Waals surface area contributed by atoms with Gasteiger partial charge in [-0.15, -0.1) is 0 Å². The number of carbonyl (C=O) groups is 2. The number of carbonyl (C=O) groups excluding carboxylic acids is 2. The van der Waals surface area contributed by atoms with Crippen LogP contribution in [-0.2, 0) is 9.59 Å². The Morgan fingerprint density at radius 3 is 2.27 bits per heavy atom. The lowest BCUT2D eigenvalue weighted by Gasteiger charge is -2.35. The van der Waals surface area contributed by atoms with Crippen molar-refractivity contribution in [3.05, 3.63) is 64.7 Å². The molecule has 2 aromatic rings. The lowest BCUT2D eigenvalue weighted by molar-refractivity contribution is -0.141. The molecule has 1 amide bonds. The first-order valence-electron chi connectivity index (χ1n) is 11.6. The second kappa shape index (κ2) is 9.30. The van der Waals surface area contributed by atoms with Crippen LogP contribution in [0.3, 0.4) is 0 Å². The molecule has 6 nitrogen and oxygen atoms in total. The zero-order valence-corrected chi connectivity index (χ0v) is 19.8. The second-order valence-electron chi connectivity index (χ2n) is 9.17. The Labute approximate surface area is 195 Å². The lowest BCUT2D eigenvalue weighted by atomic mass is 9.90. The van der Waals surface area contributed by atoms with Crippen molar-refractivity contribution in [2.75, 3.05) is 26.1 Å². The molecule has 33 heavy (non-hydrogen) atoms. The van der Waals surface area contributed by atoms with Crippen molar-refractivity contribution in [2.45, 2.75) is 51.1 Å². The van der Waals surface area contributed by atoms with Gasteiger partial charge in [0.15, 0.2) is 0 Å². The van der Waals surface area contributed by atoms with Gasteiger partial charge in [-0.2, -0.15) is 0 Å². The number of Topliss-reactive ketones (excluding diaryl/α,β-unsaturated/α-hetero) is 1. The maximum Gasteiger partial charge on any atom is 0.295 e. The highest BCUT2D eigenvalue weighted by molar-refractivity contribution is 6.46. The van der Waals surface area contributed by atoms with Crippen LogP contribution in [0.25, 0.3) is 5.76 Å². The first kappa shape index (κ1) is 22.9. The van der Waals surface area contributed by atoms with Gasteiger partial charge in [0.2, 0.25) is 0 Å². The number of ketones is 1. The third kappa shape index (κ3) is 4.22. The Kier molecular flexibility index (Phi) is 6.45. The summed E-state index contributed by atoms with van der Waals surface area (Å²) in [6.07, 6.45) is 4.98. The van der Waals surface area contributed by atoms with Crippen LogP contribution < -0.4 is 9.64 Å². The average Bonchev–Trinajstić information content (AvgIpc) is 3.09. The maximum absolute atomic E-state index is 13.3. The molecule has 0 radical (unpaired) electrons. The summed E-state index contributed by atoms with van der Waals surface area (Å²) in [6.45, 7) is 1.88. The quantitative estimate of drug-likeness (QED) is 0.403. The van der Waals surface area contributed by atoms with Crippen molar-refractivity contribution in [1.82, 2.24) is 4.90 Å². The number of aryl methyl sites for hydroxylation is 1. The number of aliphatic hydroxyl groups is 1. The van der Waals surface area contributed by atoms with E-state index in [0.717, 1.165) is 48.9 Å². The normalized spacial score (nSPS) is 20.8. The average molecular weight is 449 g/mol. The summed E-state index contributed by atoms with van der Waals surface area (Å²) in [5, 5.41) is 11.3. The van der Waals surface area contributed by atoms with E-state index in [1.165, 1.54) is 0 Å². The van der Waals surface area contributed by atoms with Crippen LogP contribution >= 0.6 is 0 Å². The van der Waals surface area contributed by atoms with Gasteiger partial charge in [0.05, 0.1) is 18.7 Å². The highest BCUT2D eigenvalue weighted by Gasteiger charge is 2.48. The van der Waals surface area contributed by atoms with E-state index >= 15 is 0 Å². The van der Waals surface area contributed by atoms with Gasteiger partial charge >= 0.3 is 0 Å². The zero-order chi connectivity index (χ0) is 23.7.